The van der Waals surface area contributed by atoms with Crippen LogP contribution in [-0.2, 0) is 16.2 Å². The Kier molecular flexibility index (Phi) is 6.44. The molecule has 0 aliphatic carbocycles. The predicted molar refractivity (Wildman–Crippen MR) is 87.3 cm³/mol. The van der Waals surface area contributed by atoms with Gasteiger partial charge in [-0.05, 0) is 48.2 Å². The molecule has 116 valence electrons. The summed E-state index contributed by atoms with van der Waals surface area (Å²) in [6.07, 6.45) is 1.56. The Morgan fingerprint density at radius 3 is 2.82 bits per heavy atom. The van der Waals surface area contributed by atoms with E-state index in [1.807, 2.05) is 48.7 Å². The Labute approximate surface area is 133 Å². The monoisotopic (exact) mass is 318 g/mol. The summed E-state index contributed by atoms with van der Waals surface area (Å²) in [6.45, 7) is 2.99. The molecular weight excluding hydrogens is 300 g/mol. The zero-order valence-electron chi connectivity index (χ0n) is 12.3. The minimum absolute atomic E-state index is 0.0983. The van der Waals surface area contributed by atoms with Crippen LogP contribution in [0.25, 0.3) is 0 Å². The maximum atomic E-state index is 11.5. The van der Waals surface area contributed by atoms with Crippen molar-refractivity contribution in [1.29, 1.82) is 0 Å². The van der Waals surface area contributed by atoms with Crippen LogP contribution >= 0.6 is 11.3 Å². The smallest absolute Gasteiger partial charge is 0.261 e. The Bertz CT molecular complexity index is 594. The molecule has 0 fully saturated rings. The highest BCUT2D eigenvalue weighted by Gasteiger charge is 2.01. The second kappa shape index (κ2) is 8.84. The van der Waals surface area contributed by atoms with Crippen molar-refractivity contribution in [2.45, 2.75) is 13.5 Å². The third kappa shape index (κ3) is 5.57. The number of amides is 1. The molecule has 0 aliphatic heterocycles. The summed E-state index contributed by atoms with van der Waals surface area (Å²) < 4.78 is 5.35. The molecule has 0 unspecified atom stereocenters. The molecule has 0 saturated carbocycles. The van der Waals surface area contributed by atoms with Gasteiger partial charge in [0.15, 0.2) is 6.61 Å². The highest BCUT2D eigenvalue weighted by molar-refractivity contribution is 7.09. The van der Waals surface area contributed by atoms with E-state index in [-0.39, 0.29) is 12.5 Å². The van der Waals surface area contributed by atoms with E-state index in [2.05, 4.69) is 10.5 Å². The molecule has 0 atom stereocenters. The van der Waals surface area contributed by atoms with Crippen LogP contribution in [0.15, 0.2) is 46.9 Å². The lowest BCUT2D eigenvalue weighted by Gasteiger charge is -2.03. The second-order valence-corrected chi connectivity index (χ2v) is 5.40. The van der Waals surface area contributed by atoms with E-state index in [1.165, 1.54) is 0 Å². The van der Waals surface area contributed by atoms with Gasteiger partial charge >= 0.3 is 0 Å². The number of nitrogens with zero attached hydrogens (tertiary/aromatic N) is 1. The summed E-state index contributed by atoms with van der Waals surface area (Å²) in [5.41, 5.74) is 0.877. The van der Waals surface area contributed by atoms with Gasteiger partial charge in [0.1, 0.15) is 5.75 Å². The SMILES string of the molecule is CCOc1ccc(/C=N/OCC(=O)NCc2cccs2)cc1. The van der Waals surface area contributed by atoms with E-state index in [0.717, 1.165) is 16.2 Å². The van der Waals surface area contributed by atoms with E-state index in [9.17, 15) is 4.79 Å². The average Bonchev–Trinajstić information content (AvgIpc) is 3.05. The van der Waals surface area contributed by atoms with Crippen LogP contribution in [0.3, 0.4) is 0 Å². The molecule has 0 saturated heterocycles. The van der Waals surface area contributed by atoms with Crippen molar-refractivity contribution in [3.8, 4) is 5.75 Å². The van der Waals surface area contributed by atoms with Crippen LogP contribution in [0.2, 0.25) is 0 Å². The van der Waals surface area contributed by atoms with Gasteiger partial charge in [0.2, 0.25) is 0 Å². The van der Waals surface area contributed by atoms with Crippen LogP contribution in [0.4, 0.5) is 0 Å². The molecule has 2 aromatic rings. The molecule has 1 aromatic heterocycles. The van der Waals surface area contributed by atoms with Crippen molar-refractivity contribution in [2.75, 3.05) is 13.2 Å². The van der Waals surface area contributed by atoms with Crippen LogP contribution < -0.4 is 10.1 Å². The van der Waals surface area contributed by atoms with Gasteiger partial charge in [-0.3, -0.25) is 4.79 Å². The zero-order chi connectivity index (χ0) is 15.6. The van der Waals surface area contributed by atoms with Crippen LogP contribution in [0.1, 0.15) is 17.4 Å². The molecule has 22 heavy (non-hydrogen) atoms. The third-order valence-electron chi connectivity index (χ3n) is 2.70. The van der Waals surface area contributed by atoms with Gasteiger partial charge < -0.3 is 14.9 Å². The second-order valence-electron chi connectivity index (χ2n) is 4.37. The lowest BCUT2D eigenvalue weighted by atomic mass is 10.2. The van der Waals surface area contributed by atoms with Crippen molar-refractivity contribution >= 4 is 23.5 Å². The highest BCUT2D eigenvalue weighted by atomic mass is 32.1. The number of rotatable bonds is 8. The predicted octanol–water partition coefficient (Wildman–Crippen LogP) is 2.81. The first kappa shape index (κ1) is 16.0. The molecular formula is C16H18N2O3S. The Hall–Kier alpha value is -2.34. The van der Waals surface area contributed by atoms with Gasteiger partial charge in [-0.15, -0.1) is 11.3 Å². The van der Waals surface area contributed by atoms with Crippen molar-refractivity contribution in [3.05, 3.63) is 52.2 Å². The molecule has 0 spiro atoms. The number of thiophene rings is 1. The molecule has 6 heteroatoms. The maximum absolute atomic E-state index is 11.5. The highest BCUT2D eigenvalue weighted by Crippen LogP contribution is 2.10. The average molecular weight is 318 g/mol. The van der Waals surface area contributed by atoms with Gasteiger partial charge in [0.05, 0.1) is 19.4 Å². The fourth-order valence-corrected chi connectivity index (χ4v) is 2.31. The van der Waals surface area contributed by atoms with Crippen LogP contribution in [0.5, 0.6) is 5.75 Å². The van der Waals surface area contributed by atoms with Gasteiger partial charge in [0.25, 0.3) is 5.91 Å². The number of hydrogen-bond acceptors (Lipinski definition) is 5. The van der Waals surface area contributed by atoms with Gasteiger partial charge in [-0.1, -0.05) is 11.2 Å². The first-order chi connectivity index (χ1) is 10.8. The normalized spacial score (nSPS) is 10.6. The molecule has 0 radical (unpaired) electrons. The van der Waals surface area contributed by atoms with E-state index in [0.29, 0.717) is 13.2 Å². The van der Waals surface area contributed by atoms with Crippen LogP contribution in [0, 0.1) is 0 Å². The summed E-state index contributed by atoms with van der Waals surface area (Å²) in [4.78, 5) is 17.6. The number of carbonyl (C=O) groups excluding carboxylic acids is 1. The molecule has 1 aromatic carbocycles. The topological polar surface area (TPSA) is 59.9 Å². The minimum atomic E-state index is -0.197. The van der Waals surface area contributed by atoms with Crippen LogP contribution in [-0.4, -0.2) is 25.3 Å². The van der Waals surface area contributed by atoms with Crippen molar-refractivity contribution in [1.82, 2.24) is 5.32 Å². The molecule has 2 rings (SSSR count). The summed E-state index contributed by atoms with van der Waals surface area (Å²) in [6, 6.07) is 11.4. The number of nitrogens with one attached hydrogen (secondary N) is 1. The van der Waals surface area contributed by atoms with E-state index < -0.39 is 0 Å². The fraction of sp³-hybridized carbons (Fsp3) is 0.250. The standard InChI is InChI=1S/C16H18N2O3S/c1-2-20-14-7-5-13(6-8-14)10-18-21-12-16(19)17-11-15-4-3-9-22-15/h3-10H,2,11-12H2,1H3,(H,17,19)/b18-10+. The summed E-state index contributed by atoms with van der Waals surface area (Å²) in [7, 11) is 0. The Balaban J connectivity index is 1.67. The van der Waals surface area contributed by atoms with Crippen molar-refractivity contribution in [2.24, 2.45) is 5.16 Å². The molecule has 0 bridgehead atoms. The lowest BCUT2D eigenvalue weighted by molar-refractivity contribution is -0.125. The third-order valence-corrected chi connectivity index (χ3v) is 3.58. The Morgan fingerprint density at radius 2 is 2.14 bits per heavy atom. The summed E-state index contributed by atoms with van der Waals surface area (Å²) in [5, 5.41) is 8.51. The van der Waals surface area contributed by atoms with E-state index in [1.54, 1.807) is 17.6 Å². The van der Waals surface area contributed by atoms with Gasteiger partial charge in [-0.2, -0.15) is 0 Å². The fourth-order valence-electron chi connectivity index (χ4n) is 1.66. The van der Waals surface area contributed by atoms with Crippen molar-refractivity contribution in [3.63, 3.8) is 0 Å². The van der Waals surface area contributed by atoms with Crippen molar-refractivity contribution < 1.29 is 14.4 Å². The molecule has 0 aliphatic rings. The molecule has 1 amide bonds. The first-order valence-electron chi connectivity index (χ1n) is 6.95. The number of benzene rings is 1. The largest absolute Gasteiger partial charge is 0.494 e. The van der Waals surface area contributed by atoms with Gasteiger partial charge in [-0.25, -0.2) is 0 Å². The van der Waals surface area contributed by atoms with Gasteiger partial charge in [0, 0.05) is 4.88 Å². The maximum Gasteiger partial charge on any atom is 0.261 e. The molecule has 1 N–H and O–H groups in total. The number of carbonyl (C=O) groups is 1. The number of hydrogen-bond donors (Lipinski definition) is 1. The minimum Gasteiger partial charge on any atom is -0.494 e. The summed E-state index contributed by atoms with van der Waals surface area (Å²) >= 11 is 1.60. The lowest BCUT2D eigenvalue weighted by Crippen LogP contribution is -2.26. The first-order valence-corrected chi connectivity index (χ1v) is 7.83. The zero-order valence-corrected chi connectivity index (χ0v) is 13.1. The molecule has 1 heterocycles. The number of oxime groups is 1. The Morgan fingerprint density at radius 1 is 1.32 bits per heavy atom. The van der Waals surface area contributed by atoms with E-state index in [4.69, 9.17) is 9.57 Å². The quantitative estimate of drug-likeness (QED) is 0.601. The van der Waals surface area contributed by atoms with E-state index >= 15 is 0 Å². The molecule has 5 nitrogen and oxygen atoms in total. The number of ether oxygens (including phenoxy) is 1. The summed E-state index contributed by atoms with van der Waals surface area (Å²) in [5.74, 6) is 0.616.